The van der Waals surface area contributed by atoms with E-state index < -0.39 is 11.6 Å². The van der Waals surface area contributed by atoms with Gasteiger partial charge in [0, 0.05) is 17.1 Å². The number of aromatic nitrogens is 3. The van der Waals surface area contributed by atoms with Crippen LogP contribution in [0.4, 0.5) is 14.5 Å². The molecule has 130 valence electrons. The first-order valence-corrected chi connectivity index (χ1v) is 8.64. The van der Waals surface area contributed by atoms with Crippen LogP contribution >= 0.6 is 11.3 Å². The molecular weight excluding hydrogens is 358 g/mol. The molecule has 4 aromatic rings. The summed E-state index contributed by atoms with van der Waals surface area (Å²) in [6.07, 6.45) is -0.128. The second-order valence-corrected chi connectivity index (χ2v) is 6.41. The molecule has 0 unspecified atom stereocenters. The predicted octanol–water partition coefficient (Wildman–Crippen LogP) is 4.15. The van der Waals surface area contributed by atoms with Gasteiger partial charge in [0.2, 0.25) is 5.91 Å². The Morgan fingerprint density at radius 2 is 1.96 bits per heavy atom. The van der Waals surface area contributed by atoms with E-state index in [-0.39, 0.29) is 17.9 Å². The number of carbonyl (C=O) groups excluding carboxylic acids is 1. The van der Waals surface area contributed by atoms with Crippen LogP contribution in [0.3, 0.4) is 0 Å². The van der Waals surface area contributed by atoms with E-state index in [1.807, 2.05) is 5.38 Å². The third-order valence-electron chi connectivity index (χ3n) is 3.73. The normalized spacial score (nSPS) is 11.0. The zero-order valence-corrected chi connectivity index (χ0v) is 14.1. The van der Waals surface area contributed by atoms with Crippen molar-refractivity contribution in [2.75, 3.05) is 5.32 Å². The number of imidazole rings is 1. The minimum Gasteiger partial charge on any atom is -0.337 e. The van der Waals surface area contributed by atoms with E-state index >= 15 is 0 Å². The fourth-order valence-corrected chi connectivity index (χ4v) is 3.17. The molecule has 8 heteroatoms. The summed E-state index contributed by atoms with van der Waals surface area (Å²) in [6, 6.07) is 8.31. The second-order valence-electron chi connectivity index (χ2n) is 5.69. The molecule has 2 aromatic heterocycles. The van der Waals surface area contributed by atoms with E-state index in [0.29, 0.717) is 17.0 Å². The maximum Gasteiger partial charge on any atom is 0.228 e. The fraction of sp³-hybridized carbons (Fsp3) is 0.0556. The van der Waals surface area contributed by atoms with Crippen LogP contribution in [0.15, 0.2) is 47.3 Å². The molecule has 2 aromatic carbocycles. The molecule has 0 bridgehead atoms. The van der Waals surface area contributed by atoms with Crippen LogP contribution in [-0.2, 0) is 11.2 Å². The SMILES string of the molecule is O=C(Cc1cc(F)cc(F)c1)Nc1ccc2[nH]c(-c3cscn3)nc2c1. The molecule has 26 heavy (non-hydrogen) atoms. The Kier molecular flexibility index (Phi) is 4.18. The molecule has 0 atom stereocenters. The molecule has 0 saturated carbocycles. The summed E-state index contributed by atoms with van der Waals surface area (Å²) in [7, 11) is 0. The Morgan fingerprint density at radius 3 is 2.69 bits per heavy atom. The standard InChI is InChI=1S/C18H12F2N4OS/c19-11-3-10(4-12(20)6-11)5-17(25)22-13-1-2-14-15(7-13)24-18(23-14)16-8-26-9-21-16/h1-4,6-9H,5H2,(H,22,25)(H,23,24). The van der Waals surface area contributed by atoms with Crippen molar-refractivity contribution in [1.82, 2.24) is 15.0 Å². The van der Waals surface area contributed by atoms with E-state index in [2.05, 4.69) is 20.3 Å². The highest BCUT2D eigenvalue weighted by Gasteiger charge is 2.10. The summed E-state index contributed by atoms with van der Waals surface area (Å²) >= 11 is 1.48. The van der Waals surface area contributed by atoms with Gasteiger partial charge in [0.15, 0.2) is 5.82 Å². The van der Waals surface area contributed by atoms with Crippen LogP contribution in [0, 0.1) is 11.6 Å². The van der Waals surface area contributed by atoms with Crippen molar-refractivity contribution in [3.8, 4) is 11.5 Å². The molecule has 0 aliphatic heterocycles. The van der Waals surface area contributed by atoms with Gasteiger partial charge in [-0.3, -0.25) is 4.79 Å². The summed E-state index contributed by atoms with van der Waals surface area (Å²) in [5, 5.41) is 4.60. The summed E-state index contributed by atoms with van der Waals surface area (Å²) in [6.45, 7) is 0. The third kappa shape index (κ3) is 3.45. The number of nitrogens with zero attached hydrogens (tertiary/aromatic N) is 2. The van der Waals surface area contributed by atoms with E-state index in [1.165, 1.54) is 11.3 Å². The number of nitrogens with one attached hydrogen (secondary N) is 2. The molecule has 2 heterocycles. The molecule has 0 saturated heterocycles. The molecular formula is C18H12F2N4OS. The average molecular weight is 370 g/mol. The lowest BCUT2D eigenvalue weighted by Gasteiger charge is -2.06. The Hall–Kier alpha value is -3.13. The van der Waals surface area contributed by atoms with Gasteiger partial charge < -0.3 is 10.3 Å². The van der Waals surface area contributed by atoms with Gasteiger partial charge in [-0.05, 0) is 35.9 Å². The minimum atomic E-state index is -0.708. The van der Waals surface area contributed by atoms with Crippen molar-refractivity contribution in [2.45, 2.75) is 6.42 Å². The summed E-state index contributed by atoms with van der Waals surface area (Å²) in [4.78, 5) is 24.0. The van der Waals surface area contributed by atoms with Crippen LogP contribution in [0.1, 0.15) is 5.56 Å². The smallest absolute Gasteiger partial charge is 0.228 e. The Morgan fingerprint density at radius 1 is 1.15 bits per heavy atom. The molecule has 0 fully saturated rings. The minimum absolute atomic E-state index is 0.128. The molecule has 0 aliphatic rings. The number of aromatic amines is 1. The Bertz CT molecular complexity index is 1070. The van der Waals surface area contributed by atoms with Gasteiger partial charge in [0.25, 0.3) is 0 Å². The van der Waals surface area contributed by atoms with Gasteiger partial charge >= 0.3 is 0 Å². The number of thiazole rings is 1. The van der Waals surface area contributed by atoms with Crippen molar-refractivity contribution < 1.29 is 13.6 Å². The zero-order chi connectivity index (χ0) is 18.1. The highest BCUT2D eigenvalue weighted by molar-refractivity contribution is 7.07. The van der Waals surface area contributed by atoms with Crippen molar-refractivity contribution in [3.63, 3.8) is 0 Å². The number of benzene rings is 2. The maximum absolute atomic E-state index is 13.2. The molecule has 2 N–H and O–H groups in total. The lowest BCUT2D eigenvalue weighted by Crippen LogP contribution is -2.14. The quantitative estimate of drug-likeness (QED) is 0.567. The summed E-state index contributed by atoms with van der Waals surface area (Å²) in [5.74, 6) is -1.13. The number of H-pyrrole nitrogens is 1. The van der Waals surface area contributed by atoms with Gasteiger partial charge in [-0.15, -0.1) is 11.3 Å². The number of fused-ring (bicyclic) bond motifs is 1. The van der Waals surface area contributed by atoms with Crippen LogP contribution in [0.2, 0.25) is 0 Å². The number of hydrogen-bond acceptors (Lipinski definition) is 4. The number of anilines is 1. The van der Waals surface area contributed by atoms with Crippen molar-refractivity contribution in [2.24, 2.45) is 0 Å². The largest absolute Gasteiger partial charge is 0.337 e. The van der Waals surface area contributed by atoms with E-state index in [4.69, 9.17) is 0 Å². The molecule has 5 nitrogen and oxygen atoms in total. The first-order chi connectivity index (χ1) is 12.6. The number of amides is 1. The zero-order valence-electron chi connectivity index (χ0n) is 13.3. The highest BCUT2D eigenvalue weighted by atomic mass is 32.1. The molecule has 0 radical (unpaired) electrons. The number of rotatable bonds is 4. The van der Waals surface area contributed by atoms with Crippen molar-refractivity contribution in [1.29, 1.82) is 0 Å². The van der Waals surface area contributed by atoms with Crippen LogP contribution < -0.4 is 5.32 Å². The van der Waals surface area contributed by atoms with Gasteiger partial charge in [-0.2, -0.15) is 0 Å². The molecule has 4 rings (SSSR count). The maximum atomic E-state index is 13.2. The number of hydrogen-bond donors (Lipinski definition) is 2. The van der Waals surface area contributed by atoms with Crippen molar-refractivity contribution in [3.05, 3.63) is 64.5 Å². The van der Waals surface area contributed by atoms with E-state index in [9.17, 15) is 13.6 Å². The monoisotopic (exact) mass is 370 g/mol. The highest BCUT2D eigenvalue weighted by Crippen LogP contribution is 2.23. The number of carbonyl (C=O) groups is 1. The Labute approximate surface area is 150 Å². The second kappa shape index (κ2) is 6.64. The van der Waals surface area contributed by atoms with Gasteiger partial charge in [0.05, 0.1) is 23.0 Å². The topological polar surface area (TPSA) is 70.7 Å². The molecule has 0 aliphatic carbocycles. The first-order valence-electron chi connectivity index (χ1n) is 7.70. The van der Waals surface area contributed by atoms with E-state index in [1.54, 1.807) is 23.7 Å². The third-order valence-corrected chi connectivity index (χ3v) is 4.32. The molecule has 0 spiro atoms. The van der Waals surface area contributed by atoms with Gasteiger partial charge in [-0.1, -0.05) is 0 Å². The lowest BCUT2D eigenvalue weighted by molar-refractivity contribution is -0.115. The van der Waals surface area contributed by atoms with Crippen LogP contribution in [0.5, 0.6) is 0 Å². The van der Waals surface area contributed by atoms with Crippen LogP contribution in [0.25, 0.3) is 22.6 Å². The van der Waals surface area contributed by atoms with Crippen molar-refractivity contribution >= 4 is 34.0 Å². The summed E-state index contributed by atoms with van der Waals surface area (Å²) < 4.78 is 26.4. The average Bonchev–Trinajstić information content (AvgIpc) is 3.22. The van der Waals surface area contributed by atoms with Gasteiger partial charge in [-0.25, -0.2) is 18.7 Å². The van der Waals surface area contributed by atoms with Gasteiger partial charge in [0.1, 0.15) is 17.3 Å². The fourth-order valence-electron chi connectivity index (χ4n) is 2.64. The molecule has 1 amide bonds. The summed E-state index contributed by atoms with van der Waals surface area (Å²) in [5.41, 5.74) is 4.80. The Balaban J connectivity index is 1.52. The number of halogens is 2. The van der Waals surface area contributed by atoms with Crippen LogP contribution in [-0.4, -0.2) is 20.9 Å². The lowest BCUT2D eigenvalue weighted by atomic mass is 10.1. The van der Waals surface area contributed by atoms with E-state index in [0.717, 1.165) is 29.4 Å². The first kappa shape index (κ1) is 16.3. The predicted molar refractivity (Wildman–Crippen MR) is 95.9 cm³/mol.